The molecule has 0 unspecified atom stereocenters. The molecule has 0 aliphatic heterocycles. The Labute approximate surface area is 108 Å². The van der Waals surface area contributed by atoms with E-state index in [0.29, 0.717) is 5.13 Å². The van der Waals surface area contributed by atoms with Gasteiger partial charge in [0.2, 0.25) is 5.91 Å². The molecule has 8 heteroatoms. The Bertz CT molecular complexity index is 458. The maximum atomic E-state index is 11.6. The molecule has 1 rings (SSSR count). The summed E-state index contributed by atoms with van der Waals surface area (Å²) in [4.78, 5) is 37.1. The van der Waals surface area contributed by atoms with Crippen molar-refractivity contribution in [3.63, 3.8) is 0 Å². The first kappa shape index (κ1) is 14.1. The van der Waals surface area contributed by atoms with Crippen LogP contribution < -0.4 is 10.6 Å². The number of methoxy groups -OCH3 is 1. The van der Waals surface area contributed by atoms with Crippen molar-refractivity contribution in [3.05, 3.63) is 11.1 Å². The molecule has 0 spiro atoms. The quantitative estimate of drug-likeness (QED) is 0.755. The summed E-state index contributed by atoms with van der Waals surface area (Å²) in [5.41, 5.74) is 0.202. The first-order valence-corrected chi connectivity index (χ1v) is 5.99. The number of aromatic nitrogens is 1. The molecule has 2 amide bonds. The molecule has 0 aliphatic carbocycles. The van der Waals surface area contributed by atoms with Crippen LogP contribution in [0.1, 0.15) is 23.8 Å². The third kappa shape index (κ3) is 4.50. The minimum absolute atomic E-state index is 0.102. The van der Waals surface area contributed by atoms with Crippen molar-refractivity contribution in [2.24, 2.45) is 0 Å². The van der Waals surface area contributed by atoms with E-state index >= 15 is 0 Å². The molecule has 0 radical (unpaired) electrons. The molecular formula is C10H13N3O4S. The summed E-state index contributed by atoms with van der Waals surface area (Å²) < 4.78 is 4.43. The van der Waals surface area contributed by atoms with Gasteiger partial charge in [0, 0.05) is 18.8 Å². The summed E-state index contributed by atoms with van der Waals surface area (Å²) in [5.74, 6) is -1.04. The van der Waals surface area contributed by atoms with E-state index in [1.54, 1.807) is 0 Å². The molecule has 7 nitrogen and oxygen atoms in total. The van der Waals surface area contributed by atoms with E-state index in [0.717, 1.165) is 11.3 Å². The fraction of sp³-hybridized carbons (Fsp3) is 0.400. The second kappa shape index (κ2) is 6.70. The summed E-state index contributed by atoms with van der Waals surface area (Å²) in [7, 11) is 1.28. The number of nitrogens with zero attached hydrogens (tertiary/aromatic N) is 1. The molecule has 0 bridgehead atoms. The molecule has 1 aromatic heterocycles. The molecule has 98 valence electrons. The number of rotatable bonds is 5. The molecule has 1 aromatic rings. The third-order valence-electron chi connectivity index (χ3n) is 1.86. The molecule has 2 N–H and O–H groups in total. The van der Waals surface area contributed by atoms with Gasteiger partial charge in [0.25, 0.3) is 5.91 Å². The van der Waals surface area contributed by atoms with Crippen LogP contribution in [0.3, 0.4) is 0 Å². The monoisotopic (exact) mass is 271 g/mol. The van der Waals surface area contributed by atoms with Gasteiger partial charge in [-0.05, 0) is 0 Å². The van der Waals surface area contributed by atoms with Crippen LogP contribution in [0.15, 0.2) is 5.38 Å². The Morgan fingerprint density at radius 1 is 1.44 bits per heavy atom. The molecule has 1 heterocycles. The number of anilines is 1. The van der Waals surface area contributed by atoms with E-state index in [1.165, 1.54) is 19.4 Å². The number of ether oxygens (including phenoxy) is 1. The van der Waals surface area contributed by atoms with Gasteiger partial charge in [0.15, 0.2) is 5.13 Å². The number of amides is 2. The van der Waals surface area contributed by atoms with Gasteiger partial charge < -0.3 is 15.4 Å². The summed E-state index contributed by atoms with van der Waals surface area (Å²) in [5, 5.41) is 6.89. The summed E-state index contributed by atoms with van der Waals surface area (Å²) >= 11 is 1.15. The topological polar surface area (TPSA) is 97.4 Å². The predicted molar refractivity (Wildman–Crippen MR) is 65.4 cm³/mol. The van der Waals surface area contributed by atoms with E-state index in [4.69, 9.17) is 0 Å². The van der Waals surface area contributed by atoms with Gasteiger partial charge in [-0.1, -0.05) is 0 Å². The lowest BCUT2D eigenvalue weighted by Gasteiger charge is -2.01. The highest BCUT2D eigenvalue weighted by Crippen LogP contribution is 2.14. The van der Waals surface area contributed by atoms with Crippen LogP contribution in [0.25, 0.3) is 0 Å². The van der Waals surface area contributed by atoms with Crippen molar-refractivity contribution in [3.8, 4) is 0 Å². The molecule has 0 saturated heterocycles. The fourth-order valence-corrected chi connectivity index (χ4v) is 1.79. The number of thiazole rings is 1. The van der Waals surface area contributed by atoms with E-state index in [2.05, 4.69) is 20.4 Å². The van der Waals surface area contributed by atoms with E-state index < -0.39 is 11.9 Å². The van der Waals surface area contributed by atoms with Crippen LogP contribution in [0.2, 0.25) is 0 Å². The molecule has 0 saturated carbocycles. The minimum Gasteiger partial charge on any atom is -0.469 e. The normalized spacial score (nSPS) is 9.67. The van der Waals surface area contributed by atoms with Crippen molar-refractivity contribution in [2.75, 3.05) is 19.0 Å². The van der Waals surface area contributed by atoms with Gasteiger partial charge in [0.1, 0.15) is 5.69 Å². The molecule has 0 fully saturated rings. The lowest BCUT2D eigenvalue weighted by Crippen LogP contribution is -2.26. The number of nitrogens with one attached hydrogen (secondary N) is 2. The number of carbonyl (C=O) groups excluding carboxylic acids is 3. The zero-order chi connectivity index (χ0) is 13.5. The van der Waals surface area contributed by atoms with Crippen molar-refractivity contribution < 1.29 is 19.1 Å². The third-order valence-corrected chi connectivity index (χ3v) is 2.62. The zero-order valence-corrected chi connectivity index (χ0v) is 10.8. The Kier molecular flexibility index (Phi) is 5.25. The smallest absolute Gasteiger partial charge is 0.307 e. The number of carbonyl (C=O) groups is 3. The van der Waals surface area contributed by atoms with Crippen LogP contribution in [0.5, 0.6) is 0 Å². The van der Waals surface area contributed by atoms with Crippen molar-refractivity contribution in [1.29, 1.82) is 0 Å². The Morgan fingerprint density at radius 2 is 2.17 bits per heavy atom. The average Bonchev–Trinajstić information content (AvgIpc) is 2.76. The molecule has 18 heavy (non-hydrogen) atoms. The van der Waals surface area contributed by atoms with Gasteiger partial charge in [-0.3, -0.25) is 14.4 Å². The van der Waals surface area contributed by atoms with Crippen LogP contribution >= 0.6 is 11.3 Å². The fourth-order valence-electron chi connectivity index (χ4n) is 1.06. The van der Waals surface area contributed by atoms with Gasteiger partial charge in [-0.15, -0.1) is 11.3 Å². The SMILES string of the molecule is COC(=O)CCNC(=O)c1csc(NC(C)=O)n1. The Hall–Kier alpha value is -1.96. The van der Waals surface area contributed by atoms with Gasteiger partial charge >= 0.3 is 5.97 Å². The largest absolute Gasteiger partial charge is 0.469 e. The van der Waals surface area contributed by atoms with Crippen molar-refractivity contribution in [2.45, 2.75) is 13.3 Å². The standard InChI is InChI=1S/C10H13N3O4S/c1-6(14)12-10-13-7(5-18-10)9(16)11-4-3-8(15)17-2/h5H,3-4H2,1-2H3,(H,11,16)(H,12,13,14). The zero-order valence-electron chi connectivity index (χ0n) is 9.98. The predicted octanol–water partition coefficient (Wildman–Crippen LogP) is 0.394. The molecule has 0 aliphatic rings. The van der Waals surface area contributed by atoms with Crippen LogP contribution in [0.4, 0.5) is 5.13 Å². The highest BCUT2D eigenvalue weighted by molar-refractivity contribution is 7.14. The first-order chi connectivity index (χ1) is 8.52. The van der Waals surface area contributed by atoms with Gasteiger partial charge in [-0.25, -0.2) is 4.98 Å². The molecule has 0 aromatic carbocycles. The number of hydrogen-bond donors (Lipinski definition) is 2. The summed E-state index contributed by atoms with van der Waals surface area (Å²) in [6, 6.07) is 0. The van der Waals surface area contributed by atoms with E-state index in [-0.39, 0.29) is 24.6 Å². The molecular weight excluding hydrogens is 258 g/mol. The van der Waals surface area contributed by atoms with Gasteiger partial charge in [-0.2, -0.15) is 0 Å². The Morgan fingerprint density at radius 3 is 2.78 bits per heavy atom. The van der Waals surface area contributed by atoms with Crippen LogP contribution in [-0.2, 0) is 14.3 Å². The average molecular weight is 271 g/mol. The number of esters is 1. The van der Waals surface area contributed by atoms with E-state index in [1.807, 2.05) is 0 Å². The second-order valence-electron chi connectivity index (χ2n) is 3.30. The second-order valence-corrected chi connectivity index (χ2v) is 4.16. The van der Waals surface area contributed by atoms with Crippen molar-refractivity contribution >= 4 is 34.3 Å². The first-order valence-electron chi connectivity index (χ1n) is 5.11. The maximum absolute atomic E-state index is 11.6. The minimum atomic E-state index is -0.397. The summed E-state index contributed by atoms with van der Waals surface area (Å²) in [6.07, 6.45) is 0.102. The van der Waals surface area contributed by atoms with Crippen LogP contribution in [-0.4, -0.2) is 36.4 Å². The lowest BCUT2D eigenvalue weighted by molar-refractivity contribution is -0.140. The lowest BCUT2D eigenvalue weighted by atomic mass is 10.4. The van der Waals surface area contributed by atoms with Gasteiger partial charge in [0.05, 0.1) is 13.5 Å². The highest BCUT2D eigenvalue weighted by atomic mass is 32.1. The maximum Gasteiger partial charge on any atom is 0.307 e. The summed E-state index contributed by atoms with van der Waals surface area (Å²) in [6.45, 7) is 1.54. The Balaban J connectivity index is 2.44. The van der Waals surface area contributed by atoms with Crippen LogP contribution in [0, 0.1) is 0 Å². The van der Waals surface area contributed by atoms with Crippen molar-refractivity contribution in [1.82, 2.24) is 10.3 Å². The van der Waals surface area contributed by atoms with E-state index in [9.17, 15) is 14.4 Å². The highest BCUT2D eigenvalue weighted by Gasteiger charge is 2.11. The molecule has 0 atom stereocenters. The number of hydrogen-bond acceptors (Lipinski definition) is 6.